The average Bonchev–Trinajstić information content (AvgIpc) is 2.58. The van der Waals surface area contributed by atoms with Gasteiger partial charge in [0.25, 0.3) is 0 Å². The molecule has 0 spiro atoms. The summed E-state index contributed by atoms with van der Waals surface area (Å²) in [7, 11) is 0. The largest absolute Gasteiger partial charge is 0.466 e. The normalized spacial score (nSPS) is 10.9. The van der Waals surface area contributed by atoms with E-state index in [9.17, 15) is 4.79 Å². The maximum Gasteiger partial charge on any atom is 0.306 e. The molecule has 0 unspecified atom stereocenters. The van der Waals surface area contributed by atoms with E-state index in [0.717, 1.165) is 6.42 Å². The number of unbranched alkanes of at least 4 members (excludes halogenated alkanes) is 15. The Balaban J connectivity index is 3.01. The van der Waals surface area contributed by atoms with Crippen LogP contribution in [0.3, 0.4) is 0 Å². The second kappa shape index (κ2) is 21.0. The zero-order valence-corrected chi connectivity index (χ0v) is 17.7. The Bertz CT molecular complexity index is 256. The molecule has 144 valence electrons. The van der Waals surface area contributed by atoms with E-state index in [0.29, 0.717) is 18.4 Å². The van der Waals surface area contributed by atoms with E-state index >= 15 is 0 Å². The monoisotopic (exact) mass is 404 g/mol. The number of rotatable bonds is 19. The molecule has 0 aromatic rings. The number of hydrogen-bond donors (Lipinski definition) is 0. The number of esters is 1. The summed E-state index contributed by atoms with van der Waals surface area (Å²) in [4.78, 5) is 11.2. The zero-order chi connectivity index (χ0) is 17.7. The standard InChI is InChI=1S/C21H41BrO2/c1-2-3-4-5-6-7-8-9-10-11-12-13-14-15-16-17-20-24-21(23)18-19-22/h2-20H2,1H3. The highest BCUT2D eigenvalue weighted by atomic mass is 79.9. The van der Waals surface area contributed by atoms with Gasteiger partial charge in [-0.1, -0.05) is 119 Å². The summed E-state index contributed by atoms with van der Waals surface area (Å²) in [5.74, 6) is -0.0761. The minimum atomic E-state index is -0.0761. The van der Waals surface area contributed by atoms with Gasteiger partial charge in [-0.3, -0.25) is 4.79 Å². The van der Waals surface area contributed by atoms with Gasteiger partial charge in [-0.15, -0.1) is 0 Å². The van der Waals surface area contributed by atoms with Gasteiger partial charge in [0.2, 0.25) is 0 Å². The molecule has 0 aliphatic heterocycles. The van der Waals surface area contributed by atoms with E-state index in [4.69, 9.17) is 4.74 Å². The molecule has 0 amide bonds. The van der Waals surface area contributed by atoms with Crippen molar-refractivity contribution >= 4 is 21.9 Å². The highest BCUT2D eigenvalue weighted by Gasteiger charge is 2.00. The maximum atomic E-state index is 11.2. The third kappa shape index (κ3) is 20.0. The van der Waals surface area contributed by atoms with Crippen molar-refractivity contribution in [1.29, 1.82) is 0 Å². The van der Waals surface area contributed by atoms with Crippen LogP contribution >= 0.6 is 15.9 Å². The summed E-state index contributed by atoms with van der Waals surface area (Å²) in [6.07, 6.45) is 22.4. The summed E-state index contributed by atoms with van der Waals surface area (Å²) in [5.41, 5.74) is 0. The fourth-order valence-electron chi connectivity index (χ4n) is 2.99. The van der Waals surface area contributed by atoms with Crippen LogP contribution in [0.4, 0.5) is 0 Å². The highest BCUT2D eigenvalue weighted by molar-refractivity contribution is 9.09. The lowest BCUT2D eigenvalue weighted by Gasteiger charge is -2.04. The third-order valence-corrected chi connectivity index (χ3v) is 4.96. The molecular formula is C21H41BrO2. The second-order valence-electron chi connectivity index (χ2n) is 6.96. The van der Waals surface area contributed by atoms with Crippen molar-refractivity contribution in [2.24, 2.45) is 0 Å². The van der Waals surface area contributed by atoms with E-state index in [1.165, 1.54) is 96.3 Å². The highest BCUT2D eigenvalue weighted by Crippen LogP contribution is 2.13. The molecule has 0 aliphatic carbocycles. The van der Waals surface area contributed by atoms with Crippen molar-refractivity contribution in [3.05, 3.63) is 0 Å². The molecule has 0 aromatic carbocycles. The van der Waals surface area contributed by atoms with Gasteiger partial charge in [0.15, 0.2) is 0 Å². The van der Waals surface area contributed by atoms with Gasteiger partial charge >= 0.3 is 5.97 Å². The summed E-state index contributed by atoms with van der Waals surface area (Å²) in [6.45, 7) is 2.88. The fourth-order valence-corrected chi connectivity index (χ4v) is 3.31. The van der Waals surface area contributed by atoms with E-state index in [2.05, 4.69) is 22.9 Å². The molecular weight excluding hydrogens is 364 g/mol. The Kier molecular flexibility index (Phi) is 20.9. The van der Waals surface area contributed by atoms with Crippen LogP contribution in [0.1, 0.15) is 116 Å². The molecule has 0 rings (SSSR count). The molecule has 0 radical (unpaired) electrons. The van der Waals surface area contributed by atoms with Crippen molar-refractivity contribution in [1.82, 2.24) is 0 Å². The number of carbonyl (C=O) groups is 1. The number of halogens is 1. The molecule has 0 N–H and O–H groups in total. The van der Waals surface area contributed by atoms with Crippen LogP contribution in [0.15, 0.2) is 0 Å². The van der Waals surface area contributed by atoms with Crippen LogP contribution in [0.25, 0.3) is 0 Å². The molecule has 0 bridgehead atoms. The summed E-state index contributed by atoms with van der Waals surface area (Å²) >= 11 is 3.24. The maximum absolute atomic E-state index is 11.2. The molecule has 0 aromatic heterocycles. The van der Waals surface area contributed by atoms with Crippen LogP contribution in [0.5, 0.6) is 0 Å². The number of ether oxygens (including phenoxy) is 1. The van der Waals surface area contributed by atoms with Crippen molar-refractivity contribution < 1.29 is 9.53 Å². The van der Waals surface area contributed by atoms with Crippen LogP contribution in [-0.4, -0.2) is 17.9 Å². The lowest BCUT2D eigenvalue weighted by molar-refractivity contribution is -0.143. The Labute approximate surface area is 159 Å². The van der Waals surface area contributed by atoms with Gasteiger partial charge in [-0.05, 0) is 6.42 Å². The second-order valence-corrected chi connectivity index (χ2v) is 7.76. The van der Waals surface area contributed by atoms with Crippen molar-refractivity contribution in [3.8, 4) is 0 Å². The van der Waals surface area contributed by atoms with Crippen LogP contribution in [0, 0.1) is 0 Å². The number of carbonyl (C=O) groups excluding carboxylic acids is 1. The van der Waals surface area contributed by atoms with E-state index in [-0.39, 0.29) is 5.97 Å². The van der Waals surface area contributed by atoms with Gasteiger partial charge in [-0.25, -0.2) is 0 Å². The third-order valence-electron chi connectivity index (χ3n) is 4.56. The first-order valence-electron chi connectivity index (χ1n) is 10.5. The van der Waals surface area contributed by atoms with E-state index in [1.807, 2.05) is 0 Å². The fraction of sp³-hybridized carbons (Fsp3) is 0.952. The molecule has 0 saturated heterocycles. The number of hydrogen-bond acceptors (Lipinski definition) is 2. The van der Waals surface area contributed by atoms with Crippen molar-refractivity contribution in [2.75, 3.05) is 11.9 Å². The predicted molar refractivity (Wildman–Crippen MR) is 109 cm³/mol. The Hall–Kier alpha value is -0.0500. The van der Waals surface area contributed by atoms with E-state index in [1.54, 1.807) is 0 Å². The average molecular weight is 405 g/mol. The van der Waals surface area contributed by atoms with Crippen LogP contribution in [-0.2, 0) is 9.53 Å². The first-order chi connectivity index (χ1) is 11.8. The Morgan fingerprint density at radius 1 is 0.667 bits per heavy atom. The summed E-state index contributed by atoms with van der Waals surface area (Å²) < 4.78 is 5.13. The van der Waals surface area contributed by atoms with Crippen LogP contribution in [0.2, 0.25) is 0 Å². The lowest BCUT2D eigenvalue weighted by atomic mass is 10.0. The minimum absolute atomic E-state index is 0.0761. The predicted octanol–water partition coefficient (Wildman–Crippen LogP) is 7.58. The van der Waals surface area contributed by atoms with Crippen molar-refractivity contribution in [2.45, 2.75) is 116 Å². The first kappa shape index (κ1) is 23.9. The molecule has 0 saturated carbocycles. The van der Waals surface area contributed by atoms with Gasteiger partial charge in [-0.2, -0.15) is 0 Å². The first-order valence-corrected chi connectivity index (χ1v) is 11.6. The summed E-state index contributed by atoms with van der Waals surface area (Å²) in [5, 5.41) is 0.699. The van der Waals surface area contributed by atoms with Gasteiger partial charge in [0.1, 0.15) is 0 Å². The molecule has 0 heterocycles. The number of alkyl halides is 1. The summed E-state index contributed by atoms with van der Waals surface area (Å²) in [6, 6.07) is 0. The molecule has 0 aliphatic rings. The Morgan fingerprint density at radius 3 is 1.42 bits per heavy atom. The van der Waals surface area contributed by atoms with Gasteiger partial charge in [0, 0.05) is 5.33 Å². The Morgan fingerprint density at radius 2 is 1.04 bits per heavy atom. The SMILES string of the molecule is CCCCCCCCCCCCCCCCCCOC(=O)CCBr. The molecule has 24 heavy (non-hydrogen) atoms. The lowest BCUT2D eigenvalue weighted by Crippen LogP contribution is -2.05. The zero-order valence-electron chi connectivity index (χ0n) is 16.1. The molecule has 2 nitrogen and oxygen atoms in total. The molecule has 0 atom stereocenters. The minimum Gasteiger partial charge on any atom is -0.466 e. The quantitative estimate of drug-likeness (QED) is 0.126. The van der Waals surface area contributed by atoms with E-state index < -0.39 is 0 Å². The molecule has 0 fully saturated rings. The smallest absolute Gasteiger partial charge is 0.306 e. The van der Waals surface area contributed by atoms with Crippen molar-refractivity contribution in [3.63, 3.8) is 0 Å². The molecule has 3 heteroatoms. The van der Waals surface area contributed by atoms with Crippen LogP contribution < -0.4 is 0 Å². The van der Waals surface area contributed by atoms with Gasteiger partial charge in [0.05, 0.1) is 13.0 Å². The van der Waals surface area contributed by atoms with Gasteiger partial charge < -0.3 is 4.74 Å². The topological polar surface area (TPSA) is 26.3 Å².